The second-order valence-electron chi connectivity index (χ2n) is 5.27. The van der Waals surface area contributed by atoms with Gasteiger partial charge in [-0.15, -0.1) is 4.83 Å². The molecule has 1 saturated heterocycles. The van der Waals surface area contributed by atoms with Gasteiger partial charge in [0.25, 0.3) is 10.0 Å². The van der Waals surface area contributed by atoms with Gasteiger partial charge in [0.15, 0.2) is 0 Å². The van der Waals surface area contributed by atoms with Crippen LogP contribution in [0.2, 0.25) is 0 Å². The number of hydrazine groups is 1. The van der Waals surface area contributed by atoms with Crippen molar-refractivity contribution in [2.75, 3.05) is 33.4 Å². The lowest BCUT2D eigenvalue weighted by molar-refractivity contribution is 0.0272. The zero-order valence-electron chi connectivity index (χ0n) is 12.8. The number of nitrogens with zero attached hydrogens (tertiary/aromatic N) is 1. The topological polar surface area (TPSA) is 70.7 Å². The highest BCUT2D eigenvalue weighted by Crippen LogP contribution is 2.21. The van der Waals surface area contributed by atoms with Crippen molar-refractivity contribution >= 4 is 10.0 Å². The maximum Gasteiger partial charge on any atom is 0.253 e. The molecule has 0 aromatic heterocycles. The lowest BCUT2D eigenvalue weighted by Crippen LogP contribution is -2.48. The molecule has 1 heterocycles. The van der Waals surface area contributed by atoms with E-state index in [2.05, 4.69) is 10.1 Å². The zero-order chi connectivity index (χ0) is 15.5. The molecule has 1 aromatic rings. The Labute approximate surface area is 126 Å². The van der Waals surface area contributed by atoms with Crippen LogP contribution in [0.25, 0.3) is 0 Å². The van der Waals surface area contributed by atoms with Crippen LogP contribution in [-0.4, -0.2) is 46.8 Å². The average Bonchev–Trinajstić information content (AvgIpc) is 2.42. The smallest absolute Gasteiger partial charge is 0.253 e. The Balaban J connectivity index is 2.27. The van der Waals surface area contributed by atoms with Gasteiger partial charge in [-0.05, 0) is 43.7 Å². The standard InChI is InChI=1S/C14H23N3O3S/c1-11-8-12(2)14(9-13(11)10-15-3)21(18,19)16-17-4-6-20-7-5-17/h8-9,15-16H,4-7,10H2,1-3H3. The second kappa shape index (κ2) is 6.85. The number of benzene rings is 1. The summed E-state index contributed by atoms with van der Waals surface area (Å²) >= 11 is 0. The quantitative estimate of drug-likeness (QED) is 0.831. The second-order valence-corrected chi connectivity index (χ2v) is 6.90. The van der Waals surface area contributed by atoms with Crippen LogP contribution in [0.1, 0.15) is 16.7 Å². The third-order valence-electron chi connectivity index (χ3n) is 3.55. The van der Waals surface area contributed by atoms with Gasteiger partial charge in [0, 0.05) is 19.6 Å². The Morgan fingerprint density at radius 3 is 2.48 bits per heavy atom. The summed E-state index contributed by atoms with van der Waals surface area (Å²) < 4.78 is 30.4. The van der Waals surface area contributed by atoms with E-state index in [1.165, 1.54) is 0 Å². The number of nitrogens with one attached hydrogen (secondary N) is 2. The van der Waals surface area contributed by atoms with Gasteiger partial charge >= 0.3 is 0 Å². The monoisotopic (exact) mass is 313 g/mol. The maximum absolute atomic E-state index is 12.6. The maximum atomic E-state index is 12.6. The van der Waals surface area contributed by atoms with Gasteiger partial charge in [-0.1, -0.05) is 6.07 Å². The van der Waals surface area contributed by atoms with Crippen molar-refractivity contribution in [2.24, 2.45) is 0 Å². The minimum Gasteiger partial charge on any atom is -0.379 e. The summed E-state index contributed by atoms with van der Waals surface area (Å²) in [6.07, 6.45) is 0. The lowest BCUT2D eigenvalue weighted by atomic mass is 10.1. The van der Waals surface area contributed by atoms with Gasteiger partial charge in [-0.2, -0.15) is 0 Å². The van der Waals surface area contributed by atoms with Gasteiger partial charge in [-0.25, -0.2) is 13.4 Å². The Bertz CT molecular complexity index is 596. The third-order valence-corrected chi connectivity index (χ3v) is 5.07. The minimum atomic E-state index is -3.56. The summed E-state index contributed by atoms with van der Waals surface area (Å²) in [7, 11) is -1.71. The average molecular weight is 313 g/mol. The molecule has 21 heavy (non-hydrogen) atoms. The molecule has 1 aromatic carbocycles. The summed E-state index contributed by atoms with van der Waals surface area (Å²) in [5.74, 6) is 0. The first-order chi connectivity index (χ1) is 9.94. The number of ether oxygens (including phenoxy) is 1. The van der Waals surface area contributed by atoms with E-state index in [4.69, 9.17) is 4.74 Å². The highest BCUT2D eigenvalue weighted by atomic mass is 32.2. The van der Waals surface area contributed by atoms with Crippen LogP contribution in [0.4, 0.5) is 0 Å². The summed E-state index contributed by atoms with van der Waals surface area (Å²) in [6, 6.07) is 3.67. The van der Waals surface area contributed by atoms with Crippen molar-refractivity contribution < 1.29 is 13.2 Å². The summed E-state index contributed by atoms with van der Waals surface area (Å²) in [5.41, 5.74) is 2.84. The fourth-order valence-electron chi connectivity index (χ4n) is 2.42. The fraction of sp³-hybridized carbons (Fsp3) is 0.571. The van der Waals surface area contributed by atoms with Crippen LogP contribution in [0.15, 0.2) is 17.0 Å². The van der Waals surface area contributed by atoms with Crippen molar-refractivity contribution in [1.29, 1.82) is 0 Å². The molecule has 0 radical (unpaired) electrons. The van der Waals surface area contributed by atoms with E-state index in [1.807, 2.05) is 27.0 Å². The molecule has 2 rings (SSSR count). The molecule has 1 fully saturated rings. The number of morpholine rings is 1. The van der Waals surface area contributed by atoms with Crippen LogP contribution < -0.4 is 10.1 Å². The molecule has 0 saturated carbocycles. The normalized spacial score (nSPS) is 17.1. The number of rotatable bonds is 5. The van der Waals surface area contributed by atoms with E-state index < -0.39 is 10.0 Å². The zero-order valence-corrected chi connectivity index (χ0v) is 13.6. The highest BCUT2D eigenvalue weighted by molar-refractivity contribution is 7.89. The van der Waals surface area contributed by atoms with Crippen LogP contribution in [0.5, 0.6) is 0 Å². The molecule has 1 aliphatic rings. The first kappa shape index (κ1) is 16.4. The molecular formula is C14H23N3O3S. The van der Waals surface area contributed by atoms with E-state index >= 15 is 0 Å². The largest absolute Gasteiger partial charge is 0.379 e. The van der Waals surface area contributed by atoms with E-state index in [0.29, 0.717) is 37.7 Å². The van der Waals surface area contributed by atoms with E-state index in [1.54, 1.807) is 11.1 Å². The highest BCUT2D eigenvalue weighted by Gasteiger charge is 2.22. The fourth-order valence-corrected chi connectivity index (χ4v) is 3.82. The molecule has 0 aliphatic carbocycles. The van der Waals surface area contributed by atoms with Gasteiger partial charge in [-0.3, -0.25) is 0 Å². The Morgan fingerprint density at radius 2 is 1.86 bits per heavy atom. The molecule has 0 amide bonds. The minimum absolute atomic E-state index is 0.338. The van der Waals surface area contributed by atoms with Crippen molar-refractivity contribution in [3.8, 4) is 0 Å². The molecule has 2 N–H and O–H groups in total. The molecular weight excluding hydrogens is 290 g/mol. The number of sulfonamides is 1. The van der Waals surface area contributed by atoms with Gasteiger partial charge in [0.2, 0.25) is 0 Å². The van der Waals surface area contributed by atoms with Crippen molar-refractivity contribution in [1.82, 2.24) is 15.2 Å². The summed E-state index contributed by atoms with van der Waals surface area (Å²) in [5, 5.41) is 4.75. The Kier molecular flexibility index (Phi) is 5.34. The van der Waals surface area contributed by atoms with Crippen LogP contribution in [0.3, 0.4) is 0 Å². The third kappa shape index (κ3) is 4.02. The van der Waals surface area contributed by atoms with Gasteiger partial charge in [0.05, 0.1) is 18.1 Å². The molecule has 6 nitrogen and oxygen atoms in total. The van der Waals surface area contributed by atoms with Crippen molar-refractivity contribution in [2.45, 2.75) is 25.3 Å². The first-order valence-electron chi connectivity index (χ1n) is 7.04. The molecule has 0 spiro atoms. The SMILES string of the molecule is CNCc1cc(S(=O)(=O)NN2CCOCC2)c(C)cc1C. The Morgan fingerprint density at radius 1 is 1.19 bits per heavy atom. The van der Waals surface area contributed by atoms with Gasteiger partial charge < -0.3 is 10.1 Å². The van der Waals surface area contributed by atoms with Crippen molar-refractivity contribution in [3.05, 3.63) is 28.8 Å². The summed E-state index contributed by atoms with van der Waals surface area (Å²) in [4.78, 5) is 2.98. The predicted molar refractivity (Wildman–Crippen MR) is 81.4 cm³/mol. The first-order valence-corrected chi connectivity index (χ1v) is 8.52. The molecule has 118 valence electrons. The van der Waals surface area contributed by atoms with Crippen molar-refractivity contribution in [3.63, 3.8) is 0 Å². The molecule has 0 atom stereocenters. The number of aryl methyl sites for hydroxylation is 2. The van der Waals surface area contributed by atoms with E-state index in [9.17, 15) is 8.42 Å². The predicted octanol–water partition coefficient (Wildman–Crippen LogP) is 0.548. The van der Waals surface area contributed by atoms with E-state index in [-0.39, 0.29) is 0 Å². The number of hydrogen-bond acceptors (Lipinski definition) is 5. The van der Waals surface area contributed by atoms with E-state index in [0.717, 1.165) is 16.7 Å². The lowest BCUT2D eigenvalue weighted by Gasteiger charge is -2.27. The van der Waals surface area contributed by atoms with Gasteiger partial charge in [0.1, 0.15) is 0 Å². The van der Waals surface area contributed by atoms with Crippen LogP contribution >= 0.6 is 0 Å². The number of hydrogen-bond donors (Lipinski definition) is 2. The summed E-state index contributed by atoms with van der Waals surface area (Å²) in [6.45, 7) is 6.67. The molecule has 0 bridgehead atoms. The molecule has 1 aliphatic heterocycles. The Hall–Kier alpha value is -0.990. The van der Waals surface area contributed by atoms with Crippen LogP contribution in [0, 0.1) is 13.8 Å². The van der Waals surface area contributed by atoms with Crippen LogP contribution in [-0.2, 0) is 21.3 Å². The molecule has 0 unspecified atom stereocenters. The molecule has 7 heteroatoms.